The summed E-state index contributed by atoms with van der Waals surface area (Å²) in [5, 5.41) is 3.05. The fourth-order valence-electron chi connectivity index (χ4n) is 1.65. The lowest BCUT2D eigenvalue weighted by molar-refractivity contribution is -0.148. The molecule has 1 N–H and O–H groups in total. The molecule has 0 fully saturated rings. The second-order valence-electron chi connectivity index (χ2n) is 4.30. The molecule has 4 nitrogen and oxygen atoms in total. The number of nitrogens with one attached hydrogen (secondary N) is 1. The predicted molar refractivity (Wildman–Crippen MR) is 66.5 cm³/mol. The first-order chi connectivity index (χ1) is 7.53. The minimum Gasteiger partial charge on any atom is -0.468 e. The highest BCUT2D eigenvalue weighted by atomic mass is 16.5. The number of unbranched alkanes of at least 4 members (excludes halogenated alkanes) is 1. The third kappa shape index (κ3) is 4.49. The van der Waals surface area contributed by atoms with Gasteiger partial charge in [-0.05, 0) is 33.5 Å². The van der Waals surface area contributed by atoms with E-state index < -0.39 is 5.54 Å². The van der Waals surface area contributed by atoms with E-state index in [-0.39, 0.29) is 5.97 Å². The number of carbonyl (C=O) groups excluding carboxylic acids is 1. The first-order valence-corrected chi connectivity index (χ1v) is 6.03. The molecule has 0 aliphatic rings. The van der Waals surface area contributed by atoms with Gasteiger partial charge in [0.2, 0.25) is 0 Å². The van der Waals surface area contributed by atoms with Crippen molar-refractivity contribution in [1.82, 2.24) is 10.2 Å². The summed E-state index contributed by atoms with van der Waals surface area (Å²) in [5.41, 5.74) is -0.613. The molecule has 0 aromatic heterocycles. The molecule has 0 saturated heterocycles. The fraction of sp³-hybridized carbons (Fsp3) is 0.917. The second kappa shape index (κ2) is 7.63. The Kier molecular flexibility index (Phi) is 7.34. The Labute approximate surface area is 99.3 Å². The molecule has 0 bridgehead atoms. The molecule has 0 aromatic rings. The lowest BCUT2D eigenvalue weighted by Gasteiger charge is -2.32. The molecule has 0 heterocycles. The van der Waals surface area contributed by atoms with Crippen molar-refractivity contribution in [3.63, 3.8) is 0 Å². The van der Waals surface area contributed by atoms with Crippen molar-refractivity contribution in [2.75, 3.05) is 33.8 Å². The third-order valence-corrected chi connectivity index (χ3v) is 3.00. The zero-order valence-corrected chi connectivity index (χ0v) is 11.3. The number of hydrogen-bond donors (Lipinski definition) is 1. The number of rotatable bonds is 8. The second-order valence-corrected chi connectivity index (χ2v) is 4.30. The van der Waals surface area contributed by atoms with Gasteiger partial charge < -0.3 is 15.0 Å². The topological polar surface area (TPSA) is 41.6 Å². The van der Waals surface area contributed by atoms with Crippen molar-refractivity contribution < 1.29 is 9.53 Å². The molecule has 4 heteroatoms. The summed E-state index contributed by atoms with van der Waals surface area (Å²) in [6, 6.07) is 0. The van der Waals surface area contributed by atoms with Gasteiger partial charge in [-0.15, -0.1) is 0 Å². The molecular formula is C12H26N2O2. The number of methoxy groups -OCH3 is 1. The van der Waals surface area contributed by atoms with Gasteiger partial charge >= 0.3 is 5.97 Å². The average molecular weight is 230 g/mol. The Bertz CT molecular complexity index is 209. The Morgan fingerprint density at radius 3 is 2.44 bits per heavy atom. The van der Waals surface area contributed by atoms with Gasteiger partial charge in [0, 0.05) is 6.54 Å². The van der Waals surface area contributed by atoms with Gasteiger partial charge in [0.05, 0.1) is 7.11 Å². The smallest absolute Gasteiger partial charge is 0.327 e. The number of likely N-dealkylation sites (N-methyl/N-ethyl adjacent to an activating group) is 2. The van der Waals surface area contributed by atoms with Gasteiger partial charge in [-0.1, -0.05) is 20.3 Å². The van der Waals surface area contributed by atoms with Crippen LogP contribution in [0.5, 0.6) is 0 Å². The van der Waals surface area contributed by atoms with Crippen LogP contribution in [0, 0.1) is 0 Å². The SMILES string of the molecule is CCCCN(CC)CC(C)(NC)C(=O)OC. The molecule has 96 valence electrons. The summed E-state index contributed by atoms with van der Waals surface area (Å²) in [5.74, 6) is -0.204. The van der Waals surface area contributed by atoms with Crippen LogP contribution in [-0.2, 0) is 9.53 Å². The van der Waals surface area contributed by atoms with E-state index in [1.165, 1.54) is 13.5 Å². The molecule has 0 aliphatic carbocycles. The minimum absolute atomic E-state index is 0.204. The van der Waals surface area contributed by atoms with Crippen LogP contribution in [0.2, 0.25) is 0 Å². The van der Waals surface area contributed by atoms with Crippen LogP contribution >= 0.6 is 0 Å². The molecule has 0 radical (unpaired) electrons. The van der Waals surface area contributed by atoms with Crippen molar-refractivity contribution >= 4 is 5.97 Å². The van der Waals surface area contributed by atoms with Crippen molar-refractivity contribution in [2.45, 2.75) is 39.2 Å². The molecule has 0 saturated carbocycles. The lowest BCUT2D eigenvalue weighted by Crippen LogP contribution is -2.56. The van der Waals surface area contributed by atoms with Gasteiger partial charge in [-0.25, -0.2) is 0 Å². The van der Waals surface area contributed by atoms with Crippen LogP contribution in [0.25, 0.3) is 0 Å². The summed E-state index contributed by atoms with van der Waals surface area (Å²) in [6.07, 6.45) is 2.33. The Morgan fingerprint density at radius 2 is 2.06 bits per heavy atom. The molecule has 0 spiro atoms. The standard InChI is InChI=1S/C12H26N2O2/c1-6-8-9-14(7-2)10-12(3,13-4)11(15)16-5/h13H,6-10H2,1-5H3. The first kappa shape index (κ1) is 15.4. The van der Waals surface area contributed by atoms with Crippen molar-refractivity contribution in [1.29, 1.82) is 0 Å². The summed E-state index contributed by atoms with van der Waals surface area (Å²) in [6.45, 7) is 8.84. The number of ether oxygens (including phenoxy) is 1. The predicted octanol–water partition coefficient (Wildman–Crippen LogP) is 1.26. The average Bonchev–Trinajstić information content (AvgIpc) is 2.32. The maximum absolute atomic E-state index is 11.7. The summed E-state index contributed by atoms with van der Waals surface area (Å²) in [7, 11) is 3.23. The number of hydrogen-bond acceptors (Lipinski definition) is 4. The van der Waals surface area contributed by atoms with Crippen LogP contribution in [-0.4, -0.2) is 50.2 Å². The molecular weight excluding hydrogens is 204 g/mol. The molecule has 0 aliphatic heterocycles. The van der Waals surface area contributed by atoms with Crippen molar-refractivity contribution in [2.24, 2.45) is 0 Å². The van der Waals surface area contributed by atoms with E-state index >= 15 is 0 Å². The summed E-state index contributed by atoms with van der Waals surface area (Å²) >= 11 is 0. The van der Waals surface area contributed by atoms with E-state index in [1.54, 1.807) is 7.05 Å². The van der Waals surface area contributed by atoms with Crippen LogP contribution in [0.4, 0.5) is 0 Å². The van der Waals surface area contributed by atoms with E-state index in [4.69, 9.17) is 4.74 Å². The lowest BCUT2D eigenvalue weighted by atomic mass is 10.0. The largest absolute Gasteiger partial charge is 0.468 e. The van der Waals surface area contributed by atoms with E-state index in [0.29, 0.717) is 6.54 Å². The number of nitrogens with zero attached hydrogens (tertiary/aromatic N) is 1. The zero-order valence-electron chi connectivity index (χ0n) is 11.3. The fourth-order valence-corrected chi connectivity index (χ4v) is 1.65. The third-order valence-electron chi connectivity index (χ3n) is 3.00. The van der Waals surface area contributed by atoms with Gasteiger partial charge in [-0.2, -0.15) is 0 Å². The molecule has 0 aromatic carbocycles. The number of carbonyl (C=O) groups is 1. The highest BCUT2D eigenvalue weighted by Crippen LogP contribution is 2.09. The molecule has 16 heavy (non-hydrogen) atoms. The maximum Gasteiger partial charge on any atom is 0.327 e. The van der Waals surface area contributed by atoms with Crippen molar-refractivity contribution in [3.05, 3.63) is 0 Å². The summed E-state index contributed by atoms with van der Waals surface area (Å²) in [4.78, 5) is 14.0. The Hall–Kier alpha value is -0.610. The number of esters is 1. The molecule has 0 amide bonds. The molecule has 1 unspecified atom stereocenters. The van der Waals surface area contributed by atoms with Gasteiger partial charge in [0.15, 0.2) is 0 Å². The van der Waals surface area contributed by atoms with E-state index in [9.17, 15) is 4.79 Å². The Morgan fingerprint density at radius 1 is 1.44 bits per heavy atom. The van der Waals surface area contributed by atoms with Crippen molar-refractivity contribution in [3.8, 4) is 0 Å². The first-order valence-electron chi connectivity index (χ1n) is 6.03. The highest BCUT2D eigenvalue weighted by molar-refractivity contribution is 5.80. The molecule has 0 rings (SSSR count). The maximum atomic E-state index is 11.7. The van der Waals surface area contributed by atoms with Crippen LogP contribution in [0.1, 0.15) is 33.6 Å². The van der Waals surface area contributed by atoms with Crippen LogP contribution < -0.4 is 5.32 Å². The van der Waals surface area contributed by atoms with Gasteiger partial charge in [0.1, 0.15) is 5.54 Å². The van der Waals surface area contributed by atoms with E-state index in [2.05, 4.69) is 24.1 Å². The molecule has 1 atom stereocenters. The monoisotopic (exact) mass is 230 g/mol. The summed E-state index contributed by atoms with van der Waals surface area (Å²) < 4.78 is 4.83. The minimum atomic E-state index is -0.613. The van der Waals surface area contributed by atoms with Crippen LogP contribution in [0.15, 0.2) is 0 Å². The quantitative estimate of drug-likeness (QED) is 0.637. The van der Waals surface area contributed by atoms with Gasteiger partial charge in [0.25, 0.3) is 0 Å². The Balaban J connectivity index is 4.41. The normalized spacial score (nSPS) is 14.9. The van der Waals surface area contributed by atoms with E-state index in [1.807, 2.05) is 6.92 Å². The van der Waals surface area contributed by atoms with E-state index in [0.717, 1.165) is 19.5 Å². The van der Waals surface area contributed by atoms with Gasteiger partial charge in [-0.3, -0.25) is 4.79 Å². The highest BCUT2D eigenvalue weighted by Gasteiger charge is 2.34. The van der Waals surface area contributed by atoms with Crippen LogP contribution in [0.3, 0.4) is 0 Å². The zero-order chi connectivity index (χ0) is 12.6.